The smallest absolute Gasteiger partial charge is 0.167 e. The second-order valence-corrected chi connectivity index (χ2v) is 3.59. The molecule has 0 bridgehead atoms. The zero-order valence-corrected chi connectivity index (χ0v) is 11.1. The first-order chi connectivity index (χ1) is 9.19. The van der Waals surface area contributed by atoms with E-state index in [1.165, 1.54) is 7.11 Å². The van der Waals surface area contributed by atoms with E-state index in [2.05, 4.69) is 0 Å². The van der Waals surface area contributed by atoms with Gasteiger partial charge in [0.15, 0.2) is 17.1 Å². The maximum atomic E-state index is 8.83. The molecule has 0 radical (unpaired) electrons. The Hall–Kier alpha value is -2.66. The fourth-order valence-corrected chi connectivity index (χ4v) is 1.59. The number of rotatable bonds is 5. The van der Waals surface area contributed by atoms with Gasteiger partial charge < -0.3 is 14.2 Å². The predicted molar refractivity (Wildman–Crippen MR) is 68.5 cm³/mol. The molecule has 1 aromatic rings. The van der Waals surface area contributed by atoms with Gasteiger partial charge in [-0.2, -0.15) is 10.5 Å². The summed E-state index contributed by atoms with van der Waals surface area (Å²) in [5.74, 6) is 1.54. The van der Waals surface area contributed by atoms with Crippen LogP contribution < -0.4 is 9.47 Å². The van der Waals surface area contributed by atoms with Crippen molar-refractivity contribution in [3.8, 4) is 23.6 Å². The molecule has 0 saturated carbocycles. The van der Waals surface area contributed by atoms with Gasteiger partial charge in [0.25, 0.3) is 0 Å². The van der Waals surface area contributed by atoms with Crippen LogP contribution in [0.5, 0.6) is 11.5 Å². The minimum atomic E-state index is -0.0303. The monoisotopic (exact) mass is 258 g/mol. The van der Waals surface area contributed by atoms with Crippen LogP contribution in [0.1, 0.15) is 5.56 Å². The highest BCUT2D eigenvalue weighted by molar-refractivity contribution is 5.45. The van der Waals surface area contributed by atoms with Crippen LogP contribution in [0, 0.1) is 22.7 Å². The normalized spacial score (nSPS) is 8.89. The predicted octanol–water partition coefficient (Wildman–Crippen LogP) is 2.19. The number of methoxy groups -OCH3 is 3. The van der Waals surface area contributed by atoms with Gasteiger partial charge in [0.1, 0.15) is 17.9 Å². The lowest BCUT2D eigenvalue weighted by Crippen LogP contribution is -1.98. The van der Waals surface area contributed by atoms with Crippen LogP contribution in [0.15, 0.2) is 29.5 Å². The molecule has 0 aliphatic heterocycles. The standard InChI is InChI=1S/C14H14N2O3/c1-17-12-5-4-10(7-14(12)19-3)6-13(18-2)11(8-15)9-16/h4-5,7H,6H2,1-3H3. The van der Waals surface area contributed by atoms with E-state index in [0.29, 0.717) is 23.7 Å². The SMILES string of the molecule is COC(Cc1ccc(OC)c(OC)c1)=C(C#N)C#N. The minimum absolute atomic E-state index is 0.0303. The summed E-state index contributed by atoms with van der Waals surface area (Å²) in [5.41, 5.74) is 0.829. The Labute approximate surface area is 112 Å². The van der Waals surface area contributed by atoms with Crippen molar-refractivity contribution in [1.82, 2.24) is 0 Å². The number of benzene rings is 1. The first-order valence-corrected chi connectivity index (χ1v) is 5.48. The van der Waals surface area contributed by atoms with Gasteiger partial charge in [0.05, 0.1) is 21.3 Å². The largest absolute Gasteiger partial charge is 0.499 e. The number of nitrogens with zero attached hydrogens (tertiary/aromatic N) is 2. The lowest BCUT2D eigenvalue weighted by molar-refractivity contribution is 0.281. The molecule has 0 unspecified atom stereocenters. The first kappa shape index (κ1) is 14.4. The number of nitriles is 2. The fourth-order valence-electron chi connectivity index (χ4n) is 1.59. The average Bonchev–Trinajstić information content (AvgIpc) is 2.46. The number of ether oxygens (including phenoxy) is 3. The van der Waals surface area contributed by atoms with Gasteiger partial charge in [-0.25, -0.2) is 0 Å². The van der Waals surface area contributed by atoms with E-state index < -0.39 is 0 Å². The van der Waals surface area contributed by atoms with Crippen LogP contribution in [0.25, 0.3) is 0 Å². The van der Waals surface area contributed by atoms with Crippen molar-refractivity contribution in [3.05, 3.63) is 35.1 Å². The molecule has 0 aliphatic carbocycles. The molecule has 98 valence electrons. The van der Waals surface area contributed by atoms with Crippen LogP contribution in [-0.2, 0) is 11.2 Å². The Morgan fingerprint density at radius 1 is 1.05 bits per heavy atom. The van der Waals surface area contributed by atoms with Crippen molar-refractivity contribution in [2.75, 3.05) is 21.3 Å². The molecule has 5 nitrogen and oxygen atoms in total. The van der Waals surface area contributed by atoms with Gasteiger partial charge in [0.2, 0.25) is 0 Å². The number of hydrogen-bond acceptors (Lipinski definition) is 5. The van der Waals surface area contributed by atoms with E-state index >= 15 is 0 Å². The van der Waals surface area contributed by atoms with E-state index in [4.69, 9.17) is 24.7 Å². The van der Waals surface area contributed by atoms with Crippen molar-refractivity contribution in [1.29, 1.82) is 10.5 Å². The third-order valence-corrected chi connectivity index (χ3v) is 2.56. The minimum Gasteiger partial charge on any atom is -0.499 e. The molecule has 5 heteroatoms. The zero-order valence-electron chi connectivity index (χ0n) is 11.1. The van der Waals surface area contributed by atoms with Gasteiger partial charge in [0, 0.05) is 6.42 Å². The molecule has 0 N–H and O–H groups in total. The summed E-state index contributed by atoms with van der Waals surface area (Å²) in [6.07, 6.45) is 0.341. The Morgan fingerprint density at radius 2 is 1.68 bits per heavy atom. The maximum absolute atomic E-state index is 8.83. The highest BCUT2D eigenvalue weighted by Crippen LogP contribution is 2.28. The summed E-state index contributed by atoms with van der Waals surface area (Å²) in [7, 11) is 4.54. The molecule has 0 amide bonds. The summed E-state index contributed by atoms with van der Waals surface area (Å²) >= 11 is 0. The summed E-state index contributed by atoms with van der Waals surface area (Å²) in [5, 5.41) is 17.7. The van der Waals surface area contributed by atoms with Gasteiger partial charge >= 0.3 is 0 Å². The van der Waals surface area contributed by atoms with Crippen molar-refractivity contribution >= 4 is 0 Å². The van der Waals surface area contributed by atoms with E-state index in [1.54, 1.807) is 26.4 Å². The second kappa shape index (κ2) is 6.93. The van der Waals surface area contributed by atoms with Gasteiger partial charge in [-0.15, -0.1) is 0 Å². The lowest BCUT2D eigenvalue weighted by Gasteiger charge is -2.10. The van der Waals surface area contributed by atoms with Crippen LogP contribution >= 0.6 is 0 Å². The number of hydrogen-bond donors (Lipinski definition) is 0. The van der Waals surface area contributed by atoms with Crippen molar-refractivity contribution in [2.45, 2.75) is 6.42 Å². The molecule has 0 saturated heterocycles. The molecule has 0 aromatic heterocycles. The van der Waals surface area contributed by atoms with Crippen molar-refractivity contribution in [2.24, 2.45) is 0 Å². The van der Waals surface area contributed by atoms with Crippen LogP contribution in [0.2, 0.25) is 0 Å². The van der Waals surface area contributed by atoms with Gasteiger partial charge in [-0.1, -0.05) is 6.07 Å². The summed E-state index contributed by atoms with van der Waals surface area (Å²) in [6.45, 7) is 0. The Balaban J connectivity index is 3.10. The fraction of sp³-hybridized carbons (Fsp3) is 0.286. The molecule has 1 aromatic carbocycles. The highest BCUT2D eigenvalue weighted by atomic mass is 16.5. The van der Waals surface area contributed by atoms with Gasteiger partial charge in [-0.05, 0) is 17.7 Å². The number of allylic oxidation sites excluding steroid dienone is 2. The quantitative estimate of drug-likeness (QED) is 0.597. The molecule has 0 aliphatic rings. The van der Waals surface area contributed by atoms with Crippen LogP contribution in [0.4, 0.5) is 0 Å². The van der Waals surface area contributed by atoms with Crippen LogP contribution in [-0.4, -0.2) is 21.3 Å². The molecule has 0 heterocycles. The maximum Gasteiger partial charge on any atom is 0.167 e. The summed E-state index contributed by atoms with van der Waals surface area (Å²) in [6, 6.07) is 9.00. The van der Waals surface area contributed by atoms with E-state index in [9.17, 15) is 0 Å². The van der Waals surface area contributed by atoms with E-state index in [1.807, 2.05) is 18.2 Å². The Kier molecular flexibility index (Phi) is 5.25. The molecule has 1 rings (SSSR count). The van der Waals surface area contributed by atoms with Crippen LogP contribution in [0.3, 0.4) is 0 Å². The van der Waals surface area contributed by atoms with Gasteiger partial charge in [-0.3, -0.25) is 0 Å². The third-order valence-electron chi connectivity index (χ3n) is 2.56. The lowest BCUT2D eigenvalue weighted by atomic mass is 10.1. The average molecular weight is 258 g/mol. The molecule has 0 atom stereocenters. The molecular formula is C14H14N2O3. The summed E-state index contributed by atoms with van der Waals surface area (Å²) < 4.78 is 15.4. The first-order valence-electron chi connectivity index (χ1n) is 5.48. The van der Waals surface area contributed by atoms with Crippen molar-refractivity contribution in [3.63, 3.8) is 0 Å². The summed E-state index contributed by atoms with van der Waals surface area (Å²) in [4.78, 5) is 0. The molecule has 0 spiro atoms. The third kappa shape index (κ3) is 3.40. The topological polar surface area (TPSA) is 75.3 Å². The van der Waals surface area contributed by atoms with E-state index in [-0.39, 0.29) is 5.57 Å². The zero-order chi connectivity index (χ0) is 14.3. The van der Waals surface area contributed by atoms with Crippen molar-refractivity contribution < 1.29 is 14.2 Å². The Bertz CT molecular complexity index is 549. The molecule has 19 heavy (non-hydrogen) atoms. The van der Waals surface area contributed by atoms with E-state index in [0.717, 1.165) is 5.56 Å². The second-order valence-electron chi connectivity index (χ2n) is 3.59. The molecular weight excluding hydrogens is 244 g/mol. The molecule has 0 fully saturated rings. The highest BCUT2D eigenvalue weighted by Gasteiger charge is 2.10. The Morgan fingerprint density at radius 3 is 2.16 bits per heavy atom.